The Morgan fingerprint density at radius 3 is 1.31 bits per heavy atom. The zero-order valence-electron chi connectivity index (χ0n) is 24.6. The third kappa shape index (κ3) is 4.09. The second-order valence-electron chi connectivity index (χ2n) is 11.6. The average Bonchev–Trinajstić information content (AvgIpc) is 3.49. The van der Waals surface area contributed by atoms with Crippen LogP contribution in [0.1, 0.15) is 0 Å². The highest BCUT2D eigenvalue weighted by molar-refractivity contribution is 6.26. The van der Waals surface area contributed by atoms with E-state index in [2.05, 4.69) is 170 Å². The lowest BCUT2D eigenvalue weighted by Crippen LogP contribution is -1.91. The third-order valence-electron chi connectivity index (χ3n) is 9.07. The van der Waals surface area contributed by atoms with Crippen LogP contribution in [0.25, 0.3) is 88.0 Å². The van der Waals surface area contributed by atoms with Crippen LogP contribution >= 0.6 is 0 Å². The van der Waals surface area contributed by atoms with Crippen LogP contribution in [0, 0.1) is 0 Å². The molecule has 0 amide bonds. The Balaban J connectivity index is 1.41. The Morgan fingerprint density at radius 2 is 0.756 bits per heavy atom. The van der Waals surface area contributed by atoms with E-state index < -0.39 is 0 Å². The quantitative estimate of drug-likeness (QED) is 0.191. The first-order valence-corrected chi connectivity index (χ1v) is 15.4. The van der Waals surface area contributed by atoms with Gasteiger partial charge in [-0.2, -0.15) is 0 Å². The van der Waals surface area contributed by atoms with Crippen LogP contribution in [-0.2, 0) is 0 Å². The number of hydrogen-bond acceptors (Lipinski definition) is 1. The number of furan rings is 1. The molecule has 0 atom stereocenters. The minimum Gasteiger partial charge on any atom is -0.456 e. The molecule has 0 saturated heterocycles. The van der Waals surface area contributed by atoms with Crippen molar-refractivity contribution in [3.63, 3.8) is 0 Å². The first kappa shape index (κ1) is 25.6. The molecule has 0 unspecified atom stereocenters. The van der Waals surface area contributed by atoms with Crippen molar-refractivity contribution in [1.29, 1.82) is 0 Å². The van der Waals surface area contributed by atoms with E-state index in [0.29, 0.717) is 0 Å². The van der Waals surface area contributed by atoms with Crippen LogP contribution in [0.3, 0.4) is 0 Å². The van der Waals surface area contributed by atoms with Gasteiger partial charge in [-0.3, -0.25) is 0 Å². The second-order valence-corrected chi connectivity index (χ2v) is 11.6. The van der Waals surface area contributed by atoms with Gasteiger partial charge in [0, 0.05) is 10.8 Å². The fraction of sp³-hybridized carbons (Fsp3) is 0. The van der Waals surface area contributed by atoms with Gasteiger partial charge in [-0.15, -0.1) is 0 Å². The molecular formula is C44H28O. The predicted octanol–water partition coefficient (Wildman–Crippen LogP) is 12.6. The molecule has 8 aromatic carbocycles. The summed E-state index contributed by atoms with van der Waals surface area (Å²) in [6.45, 7) is 0. The number of benzene rings is 8. The molecule has 0 N–H and O–H groups in total. The number of rotatable bonds is 4. The highest BCUT2D eigenvalue weighted by atomic mass is 16.3. The summed E-state index contributed by atoms with van der Waals surface area (Å²) in [5.74, 6) is 0. The topological polar surface area (TPSA) is 13.1 Å². The summed E-state index contributed by atoms with van der Waals surface area (Å²) in [7, 11) is 0. The van der Waals surface area contributed by atoms with Crippen molar-refractivity contribution < 1.29 is 4.42 Å². The minimum absolute atomic E-state index is 0.894. The van der Waals surface area contributed by atoms with Crippen LogP contribution in [0.5, 0.6) is 0 Å². The van der Waals surface area contributed by atoms with Crippen molar-refractivity contribution in [2.45, 2.75) is 0 Å². The highest BCUT2D eigenvalue weighted by Gasteiger charge is 2.21. The zero-order valence-corrected chi connectivity index (χ0v) is 24.6. The van der Waals surface area contributed by atoms with Gasteiger partial charge < -0.3 is 4.42 Å². The Bertz CT molecular complexity index is 2450. The summed E-state index contributed by atoms with van der Waals surface area (Å²) in [4.78, 5) is 0. The fourth-order valence-electron chi connectivity index (χ4n) is 7.13. The Hall–Kier alpha value is -5.92. The van der Waals surface area contributed by atoms with E-state index in [1.165, 1.54) is 60.5 Å². The van der Waals surface area contributed by atoms with Gasteiger partial charge in [-0.1, -0.05) is 152 Å². The Labute approximate surface area is 261 Å². The molecular weight excluding hydrogens is 544 g/mol. The maximum absolute atomic E-state index is 6.68. The third-order valence-corrected chi connectivity index (χ3v) is 9.07. The fourth-order valence-corrected chi connectivity index (χ4v) is 7.13. The van der Waals surface area contributed by atoms with Gasteiger partial charge >= 0.3 is 0 Å². The normalized spacial score (nSPS) is 11.6. The van der Waals surface area contributed by atoms with E-state index in [0.717, 1.165) is 27.5 Å². The summed E-state index contributed by atoms with van der Waals surface area (Å²) in [6, 6.07) is 60.8. The lowest BCUT2D eigenvalue weighted by atomic mass is 9.84. The molecule has 1 aromatic heterocycles. The minimum atomic E-state index is 0.894. The molecule has 0 aliphatic rings. The summed E-state index contributed by atoms with van der Waals surface area (Å²) in [5.41, 5.74) is 11.4. The van der Waals surface area contributed by atoms with Crippen LogP contribution in [0.2, 0.25) is 0 Å². The molecule has 0 bridgehead atoms. The lowest BCUT2D eigenvalue weighted by molar-refractivity contribution is 0.669. The summed E-state index contributed by atoms with van der Waals surface area (Å²) >= 11 is 0. The van der Waals surface area contributed by atoms with Crippen molar-refractivity contribution in [3.05, 3.63) is 170 Å². The predicted molar refractivity (Wildman–Crippen MR) is 190 cm³/mol. The first-order chi connectivity index (χ1) is 22.3. The van der Waals surface area contributed by atoms with Crippen LogP contribution in [0.15, 0.2) is 174 Å². The molecule has 9 rings (SSSR count). The molecule has 0 radical (unpaired) electrons. The van der Waals surface area contributed by atoms with E-state index >= 15 is 0 Å². The maximum atomic E-state index is 6.68. The summed E-state index contributed by atoms with van der Waals surface area (Å²) < 4.78 is 6.68. The van der Waals surface area contributed by atoms with Crippen molar-refractivity contribution >= 4 is 43.5 Å². The second kappa shape index (κ2) is 10.4. The van der Waals surface area contributed by atoms with E-state index in [-0.39, 0.29) is 0 Å². The molecule has 0 aliphatic carbocycles. The summed E-state index contributed by atoms with van der Waals surface area (Å²) in [5, 5.41) is 7.24. The number of hydrogen-bond donors (Lipinski definition) is 0. The van der Waals surface area contributed by atoms with Gasteiger partial charge in [-0.05, 0) is 84.3 Å². The summed E-state index contributed by atoms with van der Waals surface area (Å²) in [6.07, 6.45) is 0. The maximum Gasteiger partial charge on any atom is 0.136 e. The molecule has 0 spiro atoms. The molecule has 210 valence electrons. The molecule has 1 heteroatoms. The van der Waals surface area contributed by atoms with Crippen LogP contribution in [0.4, 0.5) is 0 Å². The molecule has 0 saturated carbocycles. The van der Waals surface area contributed by atoms with Crippen molar-refractivity contribution in [2.75, 3.05) is 0 Å². The van der Waals surface area contributed by atoms with Gasteiger partial charge in [0.1, 0.15) is 11.2 Å². The van der Waals surface area contributed by atoms with Gasteiger partial charge in [0.15, 0.2) is 0 Å². The number of fused-ring (bicyclic) bond motifs is 5. The first-order valence-electron chi connectivity index (χ1n) is 15.4. The van der Waals surface area contributed by atoms with Gasteiger partial charge in [0.25, 0.3) is 0 Å². The molecule has 0 aliphatic heterocycles. The Morgan fingerprint density at radius 1 is 0.289 bits per heavy atom. The van der Waals surface area contributed by atoms with Crippen LogP contribution in [-0.4, -0.2) is 0 Å². The van der Waals surface area contributed by atoms with Gasteiger partial charge in [0.05, 0.1) is 0 Å². The highest BCUT2D eigenvalue weighted by Crippen LogP contribution is 2.48. The van der Waals surface area contributed by atoms with E-state index in [4.69, 9.17) is 4.42 Å². The molecule has 1 heterocycles. The Kier molecular flexibility index (Phi) is 5.89. The SMILES string of the molecule is c1ccc(-c2cc3oc4cccc(-c5c6ccccc6c(-c6ccccc6)c6ccccc56)c4c3cc2-c2ccccc2)cc1. The van der Waals surface area contributed by atoms with Gasteiger partial charge in [-0.25, -0.2) is 0 Å². The van der Waals surface area contributed by atoms with E-state index in [9.17, 15) is 0 Å². The van der Waals surface area contributed by atoms with E-state index in [1.54, 1.807) is 0 Å². The lowest BCUT2D eigenvalue weighted by Gasteiger charge is -2.18. The molecule has 0 fully saturated rings. The standard InChI is InChI=1S/C44H28O/c1-4-15-29(16-5-1)37-27-39-41(28-38(37)30-17-6-2-7-18-30)45-40-26-14-25-36(44(39)40)43-34-23-12-10-21-32(34)42(31-19-8-3-9-20-31)33-22-11-13-24-35(33)43/h1-28H. The van der Waals surface area contributed by atoms with Crippen molar-refractivity contribution in [1.82, 2.24) is 0 Å². The largest absolute Gasteiger partial charge is 0.456 e. The average molecular weight is 573 g/mol. The van der Waals surface area contributed by atoms with Crippen molar-refractivity contribution in [3.8, 4) is 44.5 Å². The molecule has 1 nitrogen and oxygen atoms in total. The molecule has 45 heavy (non-hydrogen) atoms. The van der Waals surface area contributed by atoms with Crippen LogP contribution < -0.4 is 0 Å². The molecule has 9 aromatic rings. The smallest absolute Gasteiger partial charge is 0.136 e. The van der Waals surface area contributed by atoms with E-state index in [1.807, 2.05) is 0 Å². The van der Waals surface area contributed by atoms with Crippen molar-refractivity contribution in [2.24, 2.45) is 0 Å². The zero-order chi connectivity index (χ0) is 29.7. The van der Waals surface area contributed by atoms with Gasteiger partial charge in [0.2, 0.25) is 0 Å². The monoisotopic (exact) mass is 572 g/mol.